The molecule has 7 heteroatoms. The lowest BCUT2D eigenvalue weighted by Crippen LogP contribution is -2.13. The highest BCUT2D eigenvalue weighted by Gasteiger charge is 2.08. The quantitative estimate of drug-likeness (QED) is 0.499. The number of benzene rings is 2. The molecule has 3 rings (SSSR count). The number of nitrogens with one attached hydrogen (secondary N) is 1. The maximum Gasteiger partial charge on any atom is 0.234 e. The van der Waals surface area contributed by atoms with Crippen molar-refractivity contribution in [2.45, 2.75) is 4.34 Å². The van der Waals surface area contributed by atoms with Crippen LogP contribution < -0.4 is 5.32 Å². The van der Waals surface area contributed by atoms with E-state index in [0.717, 1.165) is 25.8 Å². The number of aromatic nitrogens is 1. The molecular formula is C17H12BrClN2OS2. The third-order valence-electron chi connectivity index (χ3n) is 3.08. The van der Waals surface area contributed by atoms with Crippen LogP contribution in [0, 0.1) is 0 Å². The molecule has 0 saturated heterocycles. The van der Waals surface area contributed by atoms with E-state index in [-0.39, 0.29) is 5.91 Å². The zero-order valence-corrected chi connectivity index (χ0v) is 16.3. The summed E-state index contributed by atoms with van der Waals surface area (Å²) >= 11 is 12.2. The Kier molecular flexibility index (Phi) is 5.94. The zero-order valence-electron chi connectivity index (χ0n) is 12.3. The SMILES string of the molecule is O=C(CSc1nc(-c2ccc(Cl)cc2)cs1)Nc1ccc(Br)cc1. The lowest BCUT2D eigenvalue weighted by atomic mass is 10.2. The molecule has 122 valence electrons. The number of carbonyl (C=O) groups is 1. The number of amides is 1. The van der Waals surface area contributed by atoms with E-state index in [1.54, 1.807) is 0 Å². The van der Waals surface area contributed by atoms with Gasteiger partial charge in [-0.2, -0.15) is 0 Å². The lowest BCUT2D eigenvalue weighted by Gasteiger charge is -2.04. The molecule has 3 aromatic rings. The highest BCUT2D eigenvalue weighted by atomic mass is 79.9. The molecule has 0 aliphatic rings. The predicted octanol–water partition coefficient (Wildman–Crippen LogP) is 5.96. The van der Waals surface area contributed by atoms with Gasteiger partial charge in [-0.15, -0.1) is 11.3 Å². The molecule has 0 saturated carbocycles. The molecule has 24 heavy (non-hydrogen) atoms. The van der Waals surface area contributed by atoms with E-state index < -0.39 is 0 Å². The Hall–Kier alpha value is -1.34. The van der Waals surface area contributed by atoms with Gasteiger partial charge in [0.2, 0.25) is 5.91 Å². The molecule has 0 radical (unpaired) electrons. The van der Waals surface area contributed by atoms with Gasteiger partial charge in [0.05, 0.1) is 11.4 Å². The number of nitrogens with zero attached hydrogens (tertiary/aromatic N) is 1. The third kappa shape index (κ3) is 4.83. The van der Waals surface area contributed by atoms with E-state index in [1.165, 1.54) is 23.1 Å². The number of thiazole rings is 1. The first-order chi connectivity index (χ1) is 11.6. The van der Waals surface area contributed by atoms with Crippen LogP contribution in [0.1, 0.15) is 0 Å². The average Bonchev–Trinajstić information content (AvgIpc) is 3.05. The van der Waals surface area contributed by atoms with Crippen LogP contribution in [0.5, 0.6) is 0 Å². The molecule has 1 amide bonds. The first-order valence-electron chi connectivity index (χ1n) is 7.00. The Bertz CT molecular complexity index is 835. The summed E-state index contributed by atoms with van der Waals surface area (Å²) in [5.41, 5.74) is 2.69. The number of anilines is 1. The van der Waals surface area contributed by atoms with E-state index in [9.17, 15) is 4.79 Å². The Labute approximate surface area is 161 Å². The van der Waals surface area contributed by atoms with Crippen LogP contribution in [0.15, 0.2) is 62.7 Å². The minimum absolute atomic E-state index is 0.0504. The number of hydrogen-bond donors (Lipinski definition) is 1. The van der Waals surface area contributed by atoms with Gasteiger partial charge in [-0.3, -0.25) is 4.79 Å². The van der Waals surface area contributed by atoms with Crippen molar-refractivity contribution in [2.24, 2.45) is 0 Å². The van der Waals surface area contributed by atoms with Gasteiger partial charge >= 0.3 is 0 Å². The molecule has 1 aromatic heterocycles. The molecule has 0 fully saturated rings. The van der Waals surface area contributed by atoms with Gasteiger partial charge in [0.25, 0.3) is 0 Å². The Morgan fingerprint density at radius 2 is 1.88 bits per heavy atom. The summed E-state index contributed by atoms with van der Waals surface area (Å²) < 4.78 is 1.85. The Balaban J connectivity index is 1.56. The maximum absolute atomic E-state index is 12.0. The van der Waals surface area contributed by atoms with Gasteiger partial charge < -0.3 is 5.32 Å². The second kappa shape index (κ2) is 8.16. The van der Waals surface area contributed by atoms with Gasteiger partial charge in [0.1, 0.15) is 0 Å². The Morgan fingerprint density at radius 3 is 2.58 bits per heavy atom. The minimum Gasteiger partial charge on any atom is -0.325 e. The monoisotopic (exact) mass is 438 g/mol. The van der Waals surface area contributed by atoms with Crippen LogP contribution in [0.25, 0.3) is 11.3 Å². The first-order valence-corrected chi connectivity index (χ1v) is 10.0. The molecular weight excluding hydrogens is 428 g/mol. The fourth-order valence-electron chi connectivity index (χ4n) is 1.93. The maximum atomic E-state index is 12.0. The van der Waals surface area contributed by atoms with Crippen molar-refractivity contribution in [3.8, 4) is 11.3 Å². The largest absolute Gasteiger partial charge is 0.325 e. The van der Waals surface area contributed by atoms with Crippen LogP contribution in [-0.2, 0) is 4.79 Å². The summed E-state index contributed by atoms with van der Waals surface area (Å²) in [4.78, 5) is 16.6. The third-order valence-corrected chi connectivity index (χ3v) is 5.88. The molecule has 0 atom stereocenters. The highest BCUT2D eigenvalue weighted by Crippen LogP contribution is 2.29. The molecule has 1 N–H and O–H groups in total. The zero-order chi connectivity index (χ0) is 16.9. The normalized spacial score (nSPS) is 10.6. The van der Waals surface area contributed by atoms with Gasteiger partial charge in [-0.05, 0) is 36.4 Å². The smallest absolute Gasteiger partial charge is 0.234 e. The first kappa shape index (κ1) is 17.5. The number of carbonyl (C=O) groups excluding carboxylic acids is 1. The van der Waals surface area contributed by atoms with Crippen molar-refractivity contribution in [1.29, 1.82) is 0 Å². The molecule has 0 spiro atoms. The van der Waals surface area contributed by atoms with Crippen molar-refractivity contribution in [2.75, 3.05) is 11.1 Å². The molecule has 0 aliphatic carbocycles. The van der Waals surface area contributed by atoms with E-state index in [2.05, 4.69) is 26.2 Å². The summed E-state index contributed by atoms with van der Waals surface area (Å²) in [5, 5.41) is 5.55. The topological polar surface area (TPSA) is 42.0 Å². The molecule has 2 aromatic carbocycles. The second-order valence-electron chi connectivity index (χ2n) is 4.85. The molecule has 0 unspecified atom stereocenters. The summed E-state index contributed by atoms with van der Waals surface area (Å²) in [5.74, 6) is 0.273. The van der Waals surface area contributed by atoms with Crippen LogP contribution >= 0.6 is 50.6 Å². The summed E-state index contributed by atoms with van der Waals surface area (Å²) in [6.07, 6.45) is 0. The number of halogens is 2. The van der Waals surface area contributed by atoms with Crippen molar-refractivity contribution in [1.82, 2.24) is 4.98 Å². The van der Waals surface area contributed by atoms with E-state index in [4.69, 9.17) is 11.6 Å². The summed E-state index contributed by atoms with van der Waals surface area (Å²) in [6.45, 7) is 0. The molecule has 1 heterocycles. The highest BCUT2D eigenvalue weighted by molar-refractivity contribution is 9.10. The van der Waals surface area contributed by atoms with E-state index in [0.29, 0.717) is 10.8 Å². The van der Waals surface area contributed by atoms with E-state index in [1.807, 2.05) is 53.9 Å². The molecule has 0 bridgehead atoms. The molecule has 0 aliphatic heterocycles. The predicted molar refractivity (Wildman–Crippen MR) is 106 cm³/mol. The molecule has 3 nitrogen and oxygen atoms in total. The number of rotatable bonds is 5. The van der Waals surface area contributed by atoms with Crippen LogP contribution in [-0.4, -0.2) is 16.6 Å². The standard InChI is InChI=1S/C17H12BrClN2OS2/c18-12-3-7-14(8-4-12)20-16(22)10-24-17-21-15(9-23-17)11-1-5-13(19)6-2-11/h1-9H,10H2,(H,20,22). The van der Waals surface area contributed by atoms with Gasteiger partial charge in [0.15, 0.2) is 4.34 Å². The second-order valence-corrected chi connectivity index (χ2v) is 8.28. The van der Waals surface area contributed by atoms with Crippen molar-refractivity contribution < 1.29 is 4.79 Å². The number of thioether (sulfide) groups is 1. The van der Waals surface area contributed by atoms with Crippen LogP contribution in [0.3, 0.4) is 0 Å². The summed E-state index contributed by atoms with van der Waals surface area (Å²) in [7, 11) is 0. The van der Waals surface area contributed by atoms with Gasteiger partial charge in [0, 0.05) is 26.1 Å². The van der Waals surface area contributed by atoms with Crippen molar-refractivity contribution in [3.63, 3.8) is 0 Å². The lowest BCUT2D eigenvalue weighted by molar-refractivity contribution is -0.113. The average molecular weight is 440 g/mol. The fourth-order valence-corrected chi connectivity index (χ4v) is 3.96. The van der Waals surface area contributed by atoms with Crippen molar-refractivity contribution in [3.05, 3.63) is 63.4 Å². The van der Waals surface area contributed by atoms with Gasteiger partial charge in [-0.25, -0.2) is 4.98 Å². The van der Waals surface area contributed by atoms with Crippen molar-refractivity contribution >= 4 is 62.2 Å². The van der Waals surface area contributed by atoms with Crippen LogP contribution in [0.4, 0.5) is 5.69 Å². The number of hydrogen-bond acceptors (Lipinski definition) is 4. The Morgan fingerprint density at radius 1 is 1.17 bits per heavy atom. The van der Waals surface area contributed by atoms with E-state index >= 15 is 0 Å². The minimum atomic E-state index is -0.0504. The summed E-state index contributed by atoms with van der Waals surface area (Å²) in [6, 6.07) is 15.1. The van der Waals surface area contributed by atoms with Crippen LogP contribution in [0.2, 0.25) is 5.02 Å². The fraction of sp³-hybridized carbons (Fsp3) is 0.0588. The van der Waals surface area contributed by atoms with Gasteiger partial charge in [-0.1, -0.05) is 51.4 Å².